The second kappa shape index (κ2) is 12.7. The van der Waals surface area contributed by atoms with Crippen LogP contribution in [0.25, 0.3) is 0 Å². The molecule has 2 saturated heterocycles. The topological polar surface area (TPSA) is 291 Å². The highest BCUT2D eigenvalue weighted by molar-refractivity contribution is 7.81. The van der Waals surface area contributed by atoms with Gasteiger partial charge in [-0.15, -0.1) is 0 Å². The molecule has 9 N–H and O–H groups in total. The summed E-state index contributed by atoms with van der Waals surface area (Å²) in [5.74, 6) is 0. The van der Waals surface area contributed by atoms with Gasteiger partial charge in [-0.05, 0) is 13.0 Å². The first-order valence-corrected chi connectivity index (χ1v) is 12.8. The maximum Gasteiger partial charge on any atom is 0.397 e. The van der Waals surface area contributed by atoms with Crippen molar-refractivity contribution in [3.63, 3.8) is 0 Å². The molecular weight excluding hydrogens is 530 g/mol. The van der Waals surface area contributed by atoms with Crippen molar-refractivity contribution in [2.75, 3.05) is 26.4 Å². The SMILES string of the molecule is NCCCO[C@H]1O[C@H](COS(=O)(=O)O)[C@@H](O[C@H]2O[C@H](COS(=O)(=O)O)[C@H](O)[C@H](O)[C@H]2O)[C@H](O)[C@H]1O. The lowest BCUT2D eigenvalue weighted by Gasteiger charge is -2.46. The van der Waals surface area contributed by atoms with E-state index >= 15 is 0 Å². The Morgan fingerprint density at radius 1 is 0.714 bits per heavy atom. The highest BCUT2D eigenvalue weighted by atomic mass is 32.3. The zero-order valence-corrected chi connectivity index (χ0v) is 19.5. The number of rotatable bonds is 12. The van der Waals surface area contributed by atoms with Crippen LogP contribution in [0.15, 0.2) is 0 Å². The summed E-state index contributed by atoms with van der Waals surface area (Å²) in [7, 11) is -9.97. The van der Waals surface area contributed by atoms with Gasteiger partial charge in [-0.1, -0.05) is 0 Å². The Labute approximate surface area is 200 Å². The van der Waals surface area contributed by atoms with Gasteiger partial charge < -0.3 is 50.2 Å². The lowest BCUT2D eigenvalue weighted by atomic mass is 9.97. The third-order valence-electron chi connectivity index (χ3n) is 4.99. The van der Waals surface area contributed by atoms with Crippen LogP contribution in [0, 0.1) is 0 Å². The second-order valence-corrected chi connectivity index (χ2v) is 9.76. The van der Waals surface area contributed by atoms with E-state index in [0.717, 1.165) is 0 Å². The van der Waals surface area contributed by atoms with E-state index in [1.807, 2.05) is 0 Å². The van der Waals surface area contributed by atoms with Gasteiger partial charge in [0.1, 0.15) is 48.8 Å². The minimum Gasteiger partial charge on any atom is -0.387 e. The molecule has 0 aromatic heterocycles. The molecule has 0 bridgehead atoms. The summed E-state index contributed by atoms with van der Waals surface area (Å²) in [6.45, 7) is -1.80. The van der Waals surface area contributed by atoms with Gasteiger partial charge in [0.2, 0.25) is 0 Å². The molecule has 10 atom stereocenters. The molecular formula is C15H29NO17S2. The van der Waals surface area contributed by atoms with Gasteiger partial charge >= 0.3 is 20.8 Å². The van der Waals surface area contributed by atoms with E-state index in [4.69, 9.17) is 33.8 Å². The standard InChI is InChI=1S/C15H29NO17S2/c16-2-1-3-28-14-12(21)10(19)13(7(32-14)5-30-35(25,26)27)33-15-11(20)9(18)8(17)6(31-15)4-29-34(22,23)24/h6-15,17-21H,1-5,16H2,(H,22,23,24)(H,25,26,27)/t6-,7-,8+,9+,10-,11-,12-,13-,14+,15-/m1/s1. The number of nitrogens with two attached hydrogens (primary N) is 1. The summed E-state index contributed by atoms with van der Waals surface area (Å²) in [4.78, 5) is 0. The van der Waals surface area contributed by atoms with E-state index in [0.29, 0.717) is 6.42 Å². The largest absolute Gasteiger partial charge is 0.397 e. The van der Waals surface area contributed by atoms with E-state index in [2.05, 4.69) is 8.37 Å². The summed E-state index contributed by atoms with van der Waals surface area (Å²) in [6.07, 6.45) is -17.8. The third-order valence-corrected chi connectivity index (χ3v) is 5.86. The monoisotopic (exact) mass is 559 g/mol. The van der Waals surface area contributed by atoms with Crippen LogP contribution in [0.4, 0.5) is 0 Å². The molecule has 2 rings (SSSR count). The van der Waals surface area contributed by atoms with Crippen molar-refractivity contribution in [3.05, 3.63) is 0 Å². The average molecular weight is 560 g/mol. The molecule has 20 heteroatoms. The molecule has 208 valence electrons. The van der Waals surface area contributed by atoms with Crippen molar-refractivity contribution in [2.45, 2.75) is 67.8 Å². The summed E-state index contributed by atoms with van der Waals surface area (Å²) in [6, 6.07) is 0. The summed E-state index contributed by atoms with van der Waals surface area (Å²) in [5, 5.41) is 51.2. The molecule has 0 saturated carbocycles. The second-order valence-electron chi connectivity index (χ2n) is 7.58. The van der Waals surface area contributed by atoms with Crippen molar-refractivity contribution in [3.8, 4) is 0 Å². The average Bonchev–Trinajstić information content (AvgIpc) is 2.75. The maximum atomic E-state index is 11.0. The van der Waals surface area contributed by atoms with Crippen molar-refractivity contribution < 1.29 is 78.8 Å². The third kappa shape index (κ3) is 8.99. The Bertz CT molecular complexity index is 871. The summed E-state index contributed by atoms with van der Waals surface area (Å²) >= 11 is 0. The highest BCUT2D eigenvalue weighted by Crippen LogP contribution is 2.30. The van der Waals surface area contributed by atoms with Crippen LogP contribution in [0.3, 0.4) is 0 Å². The summed E-state index contributed by atoms with van der Waals surface area (Å²) in [5.41, 5.74) is 5.35. The number of aliphatic hydroxyl groups is 5. The van der Waals surface area contributed by atoms with Gasteiger partial charge in [0.15, 0.2) is 12.6 Å². The quantitative estimate of drug-likeness (QED) is 0.0817. The van der Waals surface area contributed by atoms with Crippen LogP contribution < -0.4 is 5.73 Å². The molecule has 2 fully saturated rings. The van der Waals surface area contributed by atoms with Crippen molar-refractivity contribution in [1.82, 2.24) is 0 Å². The van der Waals surface area contributed by atoms with E-state index in [9.17, 15) is 42.4 Å². The molecule has 35 heavy (non-hydrogen) atoms. The normalized spacial score (nSPS) is 39.0. The number of ether oxygens (including phenoxy) is 4. The predicted octanol–water partition coefficient (Wildman–Crippen LogP) is -5.37. The molecule has 2 aliphatic rings. The first kappa shape index (κ1) is 30.6. The van der Waals surface area contributed by atoms with Gasteiger partial charge in [-0.25, -0.2) is 8.37 Å². The lowest BCUT2D eigenvalue weighted by Crippen LogP contribution is -2.65. The van der Waals surface area contributed by atoms with Crippen LogP contribution in [-0.2, 0) is 48.1 Å². The molecule has 18 nitrogen and oxygen atoms in total. The molecule has 0 aromatic carbocycles. The van der Waals surface area contributed by atoms with Gasteiger partial charge in [-0.2, -0.15) is 16.8 Å². The van der Waals surface area contributed by atoms with Gasteiger partial charge in [0, 0.05) is 0 Å². The Morgan fingerprint density at radius 3 is 1.77 bits per heavy atom. The number of aliphatic hydroxyl groups excluding tert-OH is 5. The maximum absolute atomic E-state index is 11.0. The Morgan fingerprint density at radius 2 is 1.23 bits per heavy atom. The van der Waals surface area contributed by atoms with Crippen LogP contribution in [0.1, 0.15) is 6.42 Å². The lowest BCUT2D eigenvalue weighted by molar-refractivity contribution is -0.358. The minimum absolute atomic E-state index is 0.0215. The van der Waals surface area contributed by atoms with Crippen molar-refractivity contribution in [2.24, 2.45) is 5.73 Å². The smallest absolute Gasteiger partial charge is 0.387 e. The first-order valence-electron chi connectivity index (χ1n) is 10.1. The Kier molecular flexibility index (Phi) is 11.1. The Hall–Kier alpha value is -0.660. The molecule has 0 spiro atoms. The fraction of sp³-hybridized carbons (Fsp3) is 1.00. The van der Waals surface area contributed by atoms with Gasteiger partial charge in [0.05, 0.1) is 19.8 Å². The zero-order chi connectivity index (χ0) is 26.6. The van der Waals surface area contributed by atoms with Crippen LogP contribution in [0.2, 0.25) is 0 Å². The van der Waals surface area contributed by atoms with Crippen LogP contribution >= 0.6 is 0 Å². The first-order chi connectivity index (χ1) is 16.1. The summed E-state index contributed by atoms with van der Waals surface area (Å²) < 4.78 is 90.7. The van der Waals surface area contributed by atoms with E-state index in [-0.39, 0.29) is 13.2 Å². The number of hydrogen-bond acceptors (Lipinski definition) is 16. The van der Waals surface area contributed by atoms with Gasteiger partial charge in [-0.3, -0.25) is 9.11 Å². The van der Waals surface area contributed by atoms with Crippen LogP contribution in [-0.4, -0.2) is 139 Å². The van der Waals surface area contributed by atoms with E-state index in [1.165, 1.54) is 0 Å². The van der Waals surface area contributed by atoms with E-state index < -0.39 is 95.4 Å². The number of hydrogen-bond donors (Lipinski definition) is 8. The van der Waals surface area contributed by atoms with Crippen molar-refractivity contribution >= 4 is 20.8 Å². The van der Waals surface area contributed by atoms with Crippen molar-refractivity contribution in [1.29, 1.82) is 0 Å². The molecule has 0 aliphatic carbocycles. The molecule has 0 amide bonds. The minimum atomic E-state index is -4.99. The fourth-order valence-electron chi connectivity index (χ4n) is 3.26. The van der Waals surface area contributed by atoms with Crippen LogP contribution in [0.5, 0.6) is 0 Å². The molecule has 0 radical (unpaired) electrons. The fourth-order valence-corrected chi connectivity index (χ4v) is 3.87. The highest BCUT2D eigenvalue weighted by Gasteiger charge is 2.51. The molecule has 2 aliphatic heterocycles. The molecule has 0 aromatic rings. The zero-order valence-electron chi connectivity index (χ0n) is 17.9. The molecule has 0 unspecified atom stereocenters. The predicted molar refractivity (Wildman–Crippen MR) is 107 cm³/mol. The molecule has 2 heterocycles. The Balaban J connectivity index is 2.21. The van der Waals surface area contributed by atoms with E-state index in [1.54, 1.807) is 0 Å². The van der Waals surface area contributed by atoms with Gasteiger partial charge in [0.25, 0.3) is 0 Å².